The molecule has 1 atom stereocenters. The number of anilines is 2. The first-order valence-electron chi connectivity index (χ1n) is 8.46. The first kappa shape index (κ1) is 17.6. The maximum absolute atomic E-state index is 12.5. The van der Waals surface area contributed by atoms with E-state index in [2.05, 4.69) is 29.8 Å². The van der Waals surface area contributed by atoms with E-state index in [1.807, 2.05) is 20.8 Å². The van der Waals surface area contributed by atoms with E-state index in [1.165, 1.54) is 0 Å². The van der Waals surface area contributed by atoms with Gasteiger partial charge in [0.05, 0.1) is 0 Å². The van der Waals surface area contributed by atoms with Crippen LogP contribution in [0.1, 0.15) is 42.0 Å². The molecule has 23 heavy (non-hydrogen) atoms. The van der Waals surface area contributed by atoms with E-state index in [1.54, 1.807) is 0 Å². The predicted octanol–water partition coefficient (Wildman–Crippen LogP) is 2.17. The maximum atomic E-state index is 12.5. The molecule has 1 unspecified atom stereocenters. The molecule has 0 bridgehead atoms. The summed E-state index contributed by atoms with van der Waals surface area (Å²) in [5, 5.41) is 9.86. The van der Waals surface area contributed by atoms with E-state index in [9.17, 15) is 4.79 Å². The number of amides is 1. The molecule has 0 aliphatic carbocycles. The molecule has 1 saturated heterocycles. The minimum Gasteiger partial charge on any atom is -0.398 e. The summed E-state index contributed by atoms with van der Waals surface area (Å²) in [6, 6.07) is 0.00907. The third-order valence-corrected chi connectivity index (χ3v) is 5.12. The highest BCUT2D eigenvalue weighted by Crippen LogP contribution is 2.32. The van der Waals surface area contributed by atoms with Crippen LogP contribution in [0.3, 0.4) is 0 Å². The third kappa shape index (κ3) is 3.78. The van der Waals surface area contributed by atoms with Gasteiger partial charge in [-0.05, 0) is 82.8 Å². The molecule has 0 saturated carbocycles. The zero-order valence-electron chi connectivity index (χ0n) is 15.0. The number of hydrogen-bond donors (Lipinski definition) is 4. The average molecular weight is 318 g/mol. The van der Waals surface area contributed by atoms with Crippen LogP contribution < -0.4 is 21.7 Å². The normalized spacial score (nSPS) is 16.9. The Morgan fingerprint density at radius 1 is 1.09 bits per heavy atom. The van der Waals surface area contributed by atoms with Gasteiger partial charge in [0, 0.05) is 17.4 Å². The summed E-state index contributed by atoms with van der Waals surface area (Å²) >= 11 is 0. The number of nitrogens with two attached hydrogens (primary N) is 1. The van der Waals surface area contributed by atoms with Crippen LogP contribution in [0, 0.1) is 27.7 Å². The Kier molecular flexibility index (Phi) is 5.52. The smallest absolute Gasteiger partial charge is 0.242 e. The van der Waals surface area contributed by atoms with Gasteiger partial charge in [-0.2, -0.15) is 0 Å². The quantitative estimate of drug-likeness (QED) is 0.642. The Morgan fingerprint density at radius 3 is 2.13 bits per heavy atom. The monoisotopic (exact) mass is 318 g/mol. The number of hydrogen-bond acceptors (Lipinski definition) is 4. The fraction of sp³-hybridized carbons (Fsp3) is 0.611. The highest BCUT2D eigenvalue weighted by Gasteiger charge is 2.21. The lowest BCUT2D eigenvalue weighted by atomic mass is 9.95. The van der Waals surface area contributed by atoms with Crippen molar-refractivity contribution in [1.82, 2.24) is 10.6 Å². The number of carbonyl (C=O) groups is 1. The topological polar surface area (TPSA) is 79.2 Å². The van der Waals surface area contributed by atoms with Gasteiger partial charge in [0.25, 0.3) is 0 Å². The minimum atomic E-state index is -0.273. The molecule has 128 valence electrons. The van der Waals surface area contributed by atoms with Crippen molar-refractivity contribution in [3.8, 4) is 0 Å². The molecule has 1 aliphatic heterocycles. The molecule has 1 aromatic rings. The van der Waals surface area contributed by atoms with Crippen molar-refractivity contribution in [2.75, 3.05) is 24.1 Å². The molecule has 5 N–H and O–H groups in total. The zero-order valence-corrected chi connectivity index (χ0v) is 15.0. The first-order chi connectivity index (χ1) is 10.8. The number of carbonyl (C=O) groups excluding carboxylic acids is 1. The van der Waals surface area contributed by atoms with Gasteiger partial charge < -0.3 is 21.7 Å². The summed E-state index contributed by atoms with van der Waals surface area (Å²) in [7, 11) is 0. The van der Waals surface area contributed by atoms with Crippen LogP contribution in [0.25, 0.3) is 0 Å². The number of benzene rings is 1. The van der Waals surface area contributed by atoms with Crippen LogP contribution in [-0.2, 0) is 4.79 Å². The lowest BCUT2D eigenvalue weighted by Gasteiger charge is -2.27. The molecule has 5 nitrogen and oxygen atoms in total. The highest BCUT2D eigenvalue weighted by molar-refractivity contribution is 5.85. The van der Waals surface area contributed by atoms with Crippen LogP contribution in [0.5, 0.6) is 0 Å². The molecule has 2 rings (SSSR count). The predicted molar refractivity (Wildman–Crippen MR) is 96.9 cm³/mol. The van der Waals surface area contributed by atoms with Gasteiger partial charge in [-0.1, -0.05) is 0 Å². The molecular weight excluding hydrogens is 288 g/mol. The number of nitrogen functional groups attached to an aromatic ring is 1. The van der Waals surface area contributed by atoms with E-state index in [4.69, 9.17) is 5.73 Å². The molecular formula is C18H30N4O. The van der Waals surface area contributed by atoms with Crippen molar-refractivity contribution in [3.05, 3.63) is 22.3 Å². The van der Waals surface area contributed by atoms with Crippen LogP contribution in [0.2, 0.25) is 0 Å². The summed E-state index contributed by atoms with van der Waals surface area (Å²) in [6.07, 6.45) is 1.99. The second-order valence-electron chi connectivity index (χ2n) is 6.69. The maximum Gasteiger partial charge on any atom is 0.242 e. The molecule has 5 heteroatoms. The Balaban J connectivity index is 2.10. The van der Waals surface area contributed by atoms with Crippen molar-refractivity contribution in [1.29, 1.82) is 0 Å². The molecule has 1 fully saturated rings. The fourth-order valence-electron chi connectivity index (χ4n) is 3.13. The van der Waals surface area contributed by atoms with Crippen LogP contribution in [-0.4, -0.2) is 31.1 Å². The Morgan fingerprint density at radius 2 is 1.61 bits per heavy atom. The van der Waals surface area contributed by atoms with Crippen LogP contribution in [0.4, 0.5) is 11.4 Å². The minimum absolute atomic E-state index is 0.0582. The van der Waals surface area contributed by atoms with Crippen molar-refractivity contribution < 1.29 is 4.79 Å². The van der Waals surface area contributed by atoms with Crippen molar-refractivity contribution in [3.63, 3.8) is 0 Å². The number of nitrogens with one attached hydrogen (secondary N) is 3. The average Bonchev–Trinajstić information content (AvgIpc) is 2.55. The lowest BCUT2D eigenvalue weighted by molar-refractivity contribution is -0.122. The van der Waals surface area contributed by atoms with E-state index < -0.39 is 0 Å². The number of rotatable bonds is 4. The molecule has 0 aromatic heterocycles. The van der Waals surface area contributed by atoms with E-state index in [0.717, 1.165) is 59.6 Å². The summed E-state index contributed by atoms with van der Waals surface area (Å²) in [5.74, 6) is 0.0582. The van der Waals surface area contributed by atoms with Gasteiger partial charge >= 0.3 is 0 Å². The molecule has 0 spiro atoms. The summed E-state index contributed by atoms with van der Waals surface area (Å²) < 4.78 is 0. The van der Waals surface area contributed by atoms with Crippen molar-refractivity contribution in [2.45, 2.75) is 59.5 Å². The molecule has 1 heterocycles. The van der Waals surface area contributed by atoms with Gasteiger partial charge in [-0.3, -0.25) is 4.79 Å². The highest BCUT2D eigenvalue weighted by atomic mass is 16.2. The van der Waals surface area contributed by atoms with E-state index in [0.29, 0.717) is 0 Å². The van der Waals surface area contributed by atoms with Crippen LogP contribution >= 0.6 is 0 Å². The Bertz CT molecular complexity index is 562. The SMILES string of the molecule is Cc1c(C)c(NC(C)C(=O)NC2CCNCC2)c(C)c(C)c1N. The fourth-order valence-corrected chi connectivity index (χ4v) is 3.13. The van der Waals surface area contributed by atoms with Gasteiger partial charge in [0.1, 0.15) is 6.04 Å². The van der Waals surface area contributed by atoms with Gasteiger partial charge in [0.15, 0.2) is 0 Å². The van der Waals surface area contributed by atoms with Gasteiger partial charge in [-0.15, -0.1) is 0 Å². The Labute approximate surface area is 139 Å². The van der Waals surface area contributed by atoms with Crippen molar-refractivity contribution >= 4 is 17.3 Å². The lowest BCUT2D eigenvalue weighted by Crippen LogP contribution is -2.47. The standard InChI is InChI=1S/C18H30N4O/c1-10-12(3)17(13(4)11(2)16(10)19)21-14(5)18(23)22-15-6-8-20-9-7-15/h14-15,20-21H,6-9,19H2,1-5H3,(H,22,23). The summed E-state index contributed by atoms with van der Waals surface area (Å²) in [5.41, 5.74) is 12.4. The van der Waals surface area contributed by atoms with Gasteiger partial charge in [-0.25, -0.2) is 0 Å². The Hall–Kier alpha value is -1.75. The second-order valence-corrected chi connectivity index (χ2v) is 6.69. The van der Waals surface area contributed by atoms with E-state index >= 15 is 0 Å². The van der Waals surface area contributed by atoms with Gasteiger partial charge in [0.2, 0.25) is 5.91 Å². The third-order valence-electron chi connectivity index (χ3n) is 5.12. The zero-order chi connectivity index (χ0) is 17.1. The van der Waals surface area contributed by atoms with Crippen molar-refractivity contribution in [2.24, 2.45) is 0 Å². The first-order valence-corrected chi connectivity index (χ1v) is 8.46. The molecule has 1 amide bonds. The summed E-state index contributed by atoms with van der Waals surface area (Å²) in [4.78, 5) is 12.5. The molecule has 1 aliphatic rings. The largest absolute Gasteiger partial charge is 0.398 e. The second kappa shape index (κ2) is 7.21. The van der Waals surface area contributed by atoms with Crippen LogP contribution in [0.15, 0.2) is 0 Å². The molecule has 1 aromatic carbocycles. The summed E-state index contributed by atoms with van der Waals surface area (Å²) in [6.45, 7) is 12.0. The molecule has 0 radical (unpaired) electrons. The number of piperidine rings is 1. The van der Waals surface area contributed by atoms with E-state index in [-0.39, 0.29) is 18.0 Å².